The lowest BCUT2D eigenvalue weighted by Gasteiger charge is -2.13. The Labute approximate surface area is 90.6 Å². The second-order valence-corrected chi connectivity index (χ2v) is 4.57. The van der Waals surface area contributed by atoms with Gasteiger partial charge in [0, 0.05) is 12.5 Å². The summed E-state index contributed by atoms with van der Waals surface area (Å²) in [5, 5.41) is 3.55. The van der Waals surface area contributed by atoms with Crippen LogP contribution in [0.4, 0.5) is 0 Å². The molecule has 1 aromatic rings. The molecule has 0 radical (unpaired) electrons. The Morgan fingerprint density at radius 2 is 2.33 bits per heavy atom. The Bertz CT molecular complexity index is 380. The minimum Gasteiger partial charge on any atom is -0.493 e. The van der Waals surface area contributed by atoms with E-state index in [0.717, 1.165) is 25.3 Å². The van der Waals surface area contributed by atoms with Crippen molar-refractivity contribution < 1.29 is 4.74 Å². The molecule has 0 unspecified atom stereocenters. The molecule has 0 saturated carbocycles. The van der Waals surface area contributed by atoms with Gasteiger partial charge in [0.15, 0.2) is 0 Å². The summed E-state index contributed by atoms with van der Waals surface area (Å²) in [7, 11) is 0. The molecule has 2 aliphatic rings. The smallest absolute Gasteiger partial charge is 0.125 e. The molecular weight excluding hydrogens is 186 g/mol. The van der Waals surface area contributed by atoms with Gasteiger partial charge in [-0.05, 0) is 43.0 Å². The van der Waals surface area contributed by atoms with Crippen molar-refractivity contribution in [1.29, 1.82) is 0 Å². The minimum atomic E-state index is 0.578. The molecule has 1 aromatic carbocycles. The Hall–Kier alpha value is -1.02. The van der Waals surface area contributed by atoms with Crippen LogP contribution < -0.4 is 10.1 Å². The van der Waals surface area contributed by atoms with Crippen LogP contribution in [0.1, 0.15) is 35.6 Å². The fourth-order valence-corrected chi connectivity index (χ4v) is 2.70. The second kappa shape index (κ2) is 3.53. The first-order valence-electron chi connectivity index (χ1n) is 5.84. The van der Waals surface area contributed by atoms with Gasteiger partial charge in [0.25, 0.3) is 0 Å². The third-order valence-electron chi connectivity index (χ3n) is 3.45. The molecule has 0 aliphatic carbocycles. The molecule has 2 heterocycles. The van der Waals surface area contributed by atoms with Gasteiger partial charge in [-0.15, -0.1) is 0 Å². The van der Waals surface area contributed by atoms with Crippen molar-refractivity contribution in [3.05, 3.63) is 28.8 Å². The summed E-state index contributed by atoms with van der Waals surface area (Å²) in [6, 6.07) is 5.19. The highest BCUT2D eigenvalue weighted by molar-refractivity contribution is 5.47. The van der Waals surface area contributed by atoms with Gasteiger partial charge in [0.1, 0.15) is 5.75 Å². The lowest BCUT2D eigenvalue weighted by atomic mass is 9.98. The lowest BCUT2D eigenvalue weighted by Crippen LogP contribution is -2.13. The normalized spacial score (nSPS) is 23.9. The number of nitrogens with one attached hydrogen (secondary N) is 1. The van der Waals surface area contributed by atoms with Crippen molar-refractivity contribution >= 4 is 0 Å². The Morgan fingerprint density at radius 1 is 1.40 bits per heavy atom. The van der Waals surface area contributed by atoms with Crippen molar-refractivity contribution in [3.63, 3.8) is 0 Å². The third kappa shape index (κ3) is 1.53. The summed E-state index contributed by atoms with van der Waals surface area (Å²) >= 11 is 0. The largest absolute Gasteiger partial charge is 0.493 e. The molecule has 15 heavy (non-hydrogen) atoms. The van der Waals surface area contributed by atoms with Gasteiger partial charge >= 0.3 is 0 Å². The summed E-state index contributed by atoms with van der Waals surface area (Å²) in [5.41, 5.74) is 4.15. The van der Waals surface area contributed by atoms with Gasteiger partial charge in [-0.1, -0.05) is 12.1 Å². The Balaban J connectivity index is 1.99. The van der Waals surface area contributed by atoms with Gasteiger partial charge in [0.05, 0.1) is 6.61 Å². The minimum absolute atomic E-state index is 0.578. The zero-order chi connectivity index (χ0) is 10.3. The van der Waals surface area contributed by atoms with E-state index in [1.165, 1.54) is 29.5 Å². The summed E-state index contributed by atoms with van der Waals surface area (Å²) in [4.78, 5) is 0. The zero-order valence-electron chi connectivity index (χ0n) is 9.18. The molecule has 80 valence electrons. The molecule has 3 rings (SSSR count). The number of fused-ring (bicyclic) bond motifs is 1. The van der Waals surface area contributed by atoms with Crippen LogP contribution >= 0.6 is 0 Å². The van der Waals surface area contributed by atoms with Crippen molar-refractivity contribution in [2.75, 3.05) is 13.2 Å². The molecule has 0 spiro atoms. The number of rotatable bonds is 1. The van der Waals surface area contributed by atoms with E-state index in [1.54, 1.807) is 0 Å². The first kappa shape index (κ1) is 9.22. The van der Waals surface area contributed by atoms with Gasteiger partial charge in [-0.3, -0.25) is 0 Å². The third-order valence-corrected chi connectivity index (χ3v) is 3.45. The van der Waals surface area contributed by atoms with E-state index in [1.807, 2.05) is 0 Å². The standard InChI is InChI=1S/C13H17NO/c1-9-7-11(12-3-2-5-14-12)8-10-4-6-15-13(9)10/h7-8,12,14H,2-6H2,1H3/t12-/m0/s1. The van der Waals surface area contributed by atoms with Crippen LogP contribution in [0.5, 0.6) is 5.75 Å². The van der Waals surface area contributed by atoms with E-state index < -0.39 is 0 Å². The van der Waals surface area contributed by atoms with E-state index in [4.69, 9.17) is 4.74 Å². The van der Waals surface area contributed by atoms with Crippen LogP contribution in [0, 0.1) is 6.92 Å². The summed E-state index contributed by atoms with van der Waals surface area (Å²) in [6.45, 7) is 4.18. The molecule has 0 amide bonds. The molecular formula is C13H17NO. The van der Waals surface area contributed by atoms with Crippen LogP contribution in [-0.2, 0) is 6.42 Å². The molecule has 1 saturated heterocycles. The highest BCUT2D eigenvalue weighted by atomic mass is 16.5. The van der Waals surface area contributed by atoms with Gasteiger partial charge in [0.2, 0.25) is 0 Å². The number of benzene rings is 1. The van der Waals surface area contributed by atoms with Crippen LogP contribution in [0.3, 0.4) is 0 Å². The molecule has 0 aromatic heterocycles. The zero-order valence-corrected chi connectivity index (χ0v) is 9.18. The first-order chi connectivity index (χ1) is 7.34. The number of aryl methyl sites for hydroxylation is 1. The second-order valence-electron chi connectivity index (χ2n) is 4.57. The predicted molar refractivity (Wildman–Crippen MR) is 60.4 cm³/mol. The highest BCUT2D eigenvalue weighted by Gasteiger charge is 2.21. The highest BCUT2D eigenvalue weighted by Crippen LogP contribution is 2.34. The number of hydrogen-bond donors (Lipinski definition) is 1. The first-order valence-corrected chi connectivity index (χ1v) is 5.84. The van der Waals surface area contributed by atoms with E-state index in [-0.39, 0.29) is 0 Å². The summed E-state index contributed by atoms with van der Waals surface area (Å²) in [6.07, 6.45) is 3.66. The lowest BCUT2D eigenvalue weighted by molar-refractivity contribution is 0.354. The van der Waals surface area contributed by atoms with Crippen molar-refractivity contribution in [2.45, 2.75) is 32.2 Å². The van der Waals surface area contributed by atoms with E-state index >= 15 is 0 Å². The fourth-order valence-electron chi connectivity index (χ4n) is 2.70. The van der Waals surface area contributed by atoms with Crippen molar-refractivity contribution in [3.8, 4) is 5.75 Å². The SMILES string of the molecule is Cc1cc([C@@H]2CCCN2)cc2c1OCC2. The van der Waals surface area contributed by atoms with Crippen LogP contribution in [0.2, 0.25) is 0 Å². The Morgan fingerprint density at radius 3 is 3.13 bits per heavy atom. The molecule has 2 nitrogen and oxygen atoms in total. The van der Waals surface area contributed by atoms with E-state index in [9.17, 15) is 0 Å². The quantitative estimate of drug-likeness (QED) is 0.756. The topological polar surface area (TPSA) is 21.3 Å². The molecule has 2 heteroatoms. The van der Waals surface area contributed by atoms with E-state index in [2.05, 4.69) is 24.4 Å². The fraction of sp³-hybridized carbons (Fsp3) is 0.538. The van der Waals surface area contributed by atoms with Crippen LogP contribution in [0.25, 0.3) is 0 Å². The van der Waals surface area contributed by atoms with E-state index in [0.29, 0.717) is 6.04 Å². The van der Waals surface area contributed by atoms with Gasteiger partial charge in [-0.25, -0.2) is 0 Å². The number of hydrogen-bond acceptors (Lipinski definition) is 2. The molecule has 2 aliphatic heterocycles. The molecule has 1 atom stereocenters. The molecule has 1 fully saturated rings. The molecule has 0 bridgehead atoms. The van der Waals surface area contributed by atoms with Crippen LogP contribution in [-0.4, -0.2) is 13.2 Å². The number of ether oxygens (including phenoxy) is 1. The predicted octanol–water partition coefficient (Wildman–Crippen LogP) is 2.35. The summed E-state index contributed by atoms with van der Waals surface area (Å²) < 4.78 is 5.63. The molecule has 1 N–H and O–H groups in total. The monoisotopic (exact) mass is 203 g/mol. The Kier molecular flexibility index (Phi) is 2.17. The van der Waals surface area contributed by atoms with Crippen molar-refractivity contribution in [1.82, 2.24) is 5.32 Å². The maximum atomic E-state index is 5.63. The maximum Gasteiger partial charge on any atom is 0.125 e. The van der Waals surface area contributed by atoms with Gasteiger partial charge in [-0.2, -0.15) is 0 Å². The van der Waals surface area contributed by atoms with Crippen LogP contribution in [0.15, 0.2) is 12.1 Å². The van der Waals surface area contributed by atoms with Gasteiger partial charge < -0.3 is 10.1 Å². The summed E-state index contributed by atoms with van der Waals surface area (Å²) in [5.74, 6) is 1.14. The van der Waals surface area contributed by atoms with Crippen molar-refractivity contribution in [2.24, 2.45) is 0 Å². The average molecular weight is 203 g/mol. The average Bonchev–Trinajstić information content (AvgIpc) is 2.88. The maximum absolute atomic E-state index is 5.63.